The van der Waals surface area contributed by atoms with Crippen molar-refractivity contribution in [3.8, 4) is 0 Å². The number of pyridine rings is 1. The highest BCUT2D eigenvalue weighted by Crippen LogP contribution is 2.19. The van der Waals surface area contributed by atoms with E-state index in [0.29, 0.717) is 6.04 Å². The van der Waals surface area contributed by atoms with Crippen molar-refractivity contribution in [2.75, 3.05) is 18.0 Å². The molecule has 0 spiro atoms. The first kappa shape index (κ1) is 12.6. The van der Waals surface area contributed by atoms with Gasteiger partial charge in [-0.15, -0.1) is 11.3 Å². The number of rotatable bonds is 4. The molecule has 1 N–H and O–H groups in total. The molecule has 1 fully saturated rings. The zero-order valence-corrected chi connectivity index (χ0v) is 11.6. The molecule has 0 bridgehead atoms. The lowest BCUT2D eigenvalue weighted by atomic mass is 10.0. The number of hydrogen-bond donors (Lipinski definition) is 1. The third-order valence-corrected chi connectivity index (χ3v) is 4.21. The molecule has 1 saturated heterocycles. The van der Waals surface area contributed by atoms with Crippen molar-refractivity contribution in [3.63, 3.8) is 0 Å². The molecule has 0 radical (unpaired) electrons. The average Bonchev–Trinajstić information content (AvgIpc) is 3.00. The first-order valence-corrected chi connectivity index (χ1v) is 7.61. The van der Waals surface area contributed by atoms with Crippen molar-refractivity contribution < 1.29 is 0 Å². The maximum atomic E-state index is 4.30. The molecule has 100 valence electrons. The minimum absolute atomic E-state index is 0.611. The number of piperidine rings is 1. The van der Waals surface area contributed by atoms with Gasteiger partial charge in [-0.2, -0.15) is 0 Å². The van der Waals surface area contributed by atoms with Gasteiger partial charge in [0.05, 0.1) is 11.2 Å². The van der Waals surface area contributed by atoms with Gasteiger partial charge in [-0.05, 0) is 25.0 Å². The largest absolute Gasteiger partial charge is 0.371 e. The van der Waals surface area contributed by atoms with Crippen molar-refractivity contribution in [2.24, 2.45) is 0 Å². The molecule has 3 heterocycles. The van der Waals surface area contributed by atoms with Gasteiger partial charge in [-0.1, -0.05) is 0 Å². The summed E-state index contributed by atoms with van der Waals surface area (Å²) in [5, 5.41) is 5.71. The van der Waals surface area contributed by atoms with Crippen LogP contribution in [0, 0.1) is 0 Å². The lowest BCUT2D eigenvalue weighted by molar-refractivity contribution is 0.412. The van der Waals surface area contributed by atoms with Crippen LogP contribution < -0.4 is 10.2 Å². The van der Waals surface area contributed by atoms with Crippen LogP contribution in [0.2, 0.25) is 0 Å². The normalized spacial score (nSPS) is 16.7. The van der Waals surface area contributed by atoms with Crippen molar-refractivity contribution in [1.82, 2.24) is 15.3 Å². The summed E-state index contributed by atoms with van der Waals surface area (Å²) < 4.78 is 0. The number of hydrogen-bond acceptors (Lipinski definition) is 5. The number of thiazole rings is 1. The third kappa shape index (κ3) is 3.30. The predicted molar refractivity (Wildman–Crippen MR) is 78.4 cm³/mol. The van der Waals surface area contributed by atoms with Crippen molar-refractivity contribution in [1.29, 1.82) is 0 Å². The first-order chi connectivity index (χ1) is 9.42. The smallest absolute Gasteiger partial charge is 0.0795 e. The molecular weight excluding hydrogens is 256 g/mol. The number of nitrogens with one attached hydrogen (secondary N) is 1. The van der Waals surface area contributed by atoms with Crippen LogP contribution in [0.5, 0.6) is 0 Å². The molecule has 0 aliphatic carbocycles. The van der Waals surface area contributed by atoms with Gasteiger partial charge in [0.25, 0.3) is 0 Å². The Bertz CT molecular complexity index is 477. The summed E-state index contributed by atoms with van der Waals surface area (Å²) in [6.45, 7) is 3.11. The van der Waals surface area contributed by atoms with Crippen LogP contribution in [0.1, 0.15) is 18.5 Å². The zero-order valence-electron chi connectivity index (χ0n) is 10.8. The van der Waals surface area contributed by atoms with Gasteiger partial charge in [-0.3, -0.25) is 4.98 Å². The summed E-state index contributed by atoms with van der Waals surface area (Å²) >= 11 is 1.66. The zero-order chi connectivity index (χ0) is 12.9. The topological polar surface area (TPSA) is 41.0 Å². The summed E-state index contributed by atoms with van der Waals surface area (Å²) in [6.07, 6.45) is 6.10. The van der Waals surface area contributed by atoms with Crippen LogP contribution in [-0.4, -0.2) is 29.1 Å². The Balaban J connectivity index is 1.47. The Labute approximate surface area is 117 Å². The second kappa shape index (κ2) is 6.12. The van der Waals surface area contributed by atoms with E-state index in [1.54, 1.807) is 11.3 Å². The van der Waals surface area contributed by atoms with E-state index < -0.39 is 0 Å². The lowest BCUT2D eigenvalue weighted by Crippen LogP contribution is -2.42. The van der Waals surface area contributed by atoms with Crippen LogP contribution >= 0.6 is 11.3 Å². The van der Waals surface area contributed by atoms with Crippen LogP contribution in [0.4, 0.5) is 5.69 Å². The standard InChI is InChI=1S/C14H18N4S/c1-5-15-6-2-14(1)18-7-3-12(4-8-18)16-9-13-10-19-11-17-13/h1-2,5-6,10-12,16H,3-4,7-9H2. The summed E-state index contributed by atoms with van der Waals surface area (Å²) in [4.78, 5) is 10.8. The van der Waals surface area contributed by atoms with Gasteiger partial charge >= 0.3 is 0 Å². The van der Waals surface area contributed by atoms with Gasteiger partial charge < -0.3 is 10.2 Å². The Hall–Kier alpha value is -1.46. The SMILES string of the molecule is c1cc(N2CCC(NCc3cscn3)CC2)ccn1. The molecule has 2 aromatic heterocycles. The molecule has 0 amide bonds. The predicted octanol–water partition coefficient (Wildman–Crippen LogP) is 2.30. The molecule has 19 heavy (non-hydrogen) atoms. The summed E-state index contributed by atoms with van der Waals surface area (Å²) in [5.74, 6) is 0. The van der Waals surface area contributed by atoms with E-state index in [2.05, 4.69) is 37.7 Å². The molecule has 0 unspecified atom stereocenters. The van der Waals surface area contributed by atoms with E-state index in [1.807, 2.05) is 17.9 Å². The molecule has 1 aliphatic heterocycles. The second-order valence-electron chi connectivity index (χ2n) is 4.83. The third-order valence-electron chi connectivity index (χ3n) is 3.58. The fraction of sp³-hybridized carbons (Fsp3) is 0.429. The molecule has 0 atom stereocenters. The van der Waals surface area contributed by atoms with Gasteiger partial charge in [0.15, 0.2) is 0 Å². The fourth-order valence-corrected chi connectivity index (χ4v) is 3.03. The second-order valence-corrected chi connectivity index (χ2v) is 5.55. The number of nitrogens with zero attached hydrogens (tertiary/aromatic N) is 3. The van der Waals surface area contributed by atoms with E-state index in [-0.39, 0.29) is 0 Å². The quantitative estimate of drug-likeness (QED) is 0.929. The highest BCUT2D eigenvalue weighted by atomic mass is 32.1. The van der Waals surface area contributed by atoms with E-state index in [0.717, 1.165) is 25.3 Å². The van der Waals surface area contributed by atoms with E-state index in [1.165, 1.54) is 18.5 Å². The Morgan fingerprint density at radius 3 is 2.74 bits per heavy atom. The molecule has 0 saturated carbocycles. The van der Waals surface area contributed by atoms with Crippen LogP contribution in [0.3, 0.4) is 0 Å². The van der Waals surface area contributed by atoms with E-state index in [9.17, 15) is 0 Å². The van der Waals surface area contributed by atoms with Crippen LogP contribution in [0.15, 0.2) is 35.4 Å². The minimum atomic E-state index is 0.611. The highest BCUT2D eigenvalue weighted by Gasteiger charge is 2.18. The summed E-state index contributed by atoms with van der Waals surface area (Å²) in [7, 11) is 0. The van der Waals surface area contributed by atoms with E-state index >= 15 is 0 Å². The maximum absolute atomic E-state index is 4.30. The average molecular weight is 274 g/mol. The van der Waals surface area contributed by atoms with Gasteiger partial charge in [0, 0.05) is 49.1 Å². The lowest BCUT2D eigenvalue weighted by Gasteiger charge is -2.33. The Kier molecular flexibility index (Phi) is 4.05. The monoisotopic (exact) mass is 274 g/mol. The van der Waals surface area contributed by atoms with Gasteiger partial charge in [0.1, 0.15) is 0 Å². The highest BCUT2D eigenvalue weighted by molar-refractivity contribution is 7.07. The maximum Gasteiger partial charge on any atom is 0.0795 e. The molecule has 5 heteroatoms. The van der Waals surface area contributed by atoms with E-state index in [4.69, 9.17) is 0 Å². The van der Waals surface area contributed by atoms with Gasteiger partial charge in [-0.25, -0.2) is 4.98 Å². The molecular formula is C14H18N4S. The Morgan fingerprint density at radius 1 is 1.26 bits per heavy atom. The molecule has 4 nitrogen and oxygen atoms in total. The molecule has 1 aliphatic rings. The van der Waals surface area contributed by atoms with Crippen LogP contribution in [-0.2, 0) is 6.54 Å². The summed E-state index contributed by atoms with van der Waals surface area (Å²) in [5.41, 5.74) is 4.33. The minimum Gasteiger partial charge on any atom is -0.371 e. The summed E-state index contributed by atoms with van der Waals surface area (Å²) in [6, 6.07) is 4.78. The fourth-order valence-electron chi connectivity index (χ4n) is 2.47. The number of anilines is 1. The van der Waals surface area contributed by atoms with Gasteiger partial charge in [0.2, 0.25) is 0 Å². The molecule has 0 aromatic carbocycles. The van der Waals surface area contributed by atoms with Crippen molar-refractivity contribution in [2.45, 2.75) is 25.4 Å². The molecule has 2 aromatic rings. The van der Waals surface area contributed by atoms with Crippen molar-refractivity contribution in [3.05, 3.63) is 41.1 Å². The van der Waals surface area contributed by atoms with Crippen LogP contribution in [0.25, 0.3) is 0 Å². The Morgan fingerprint density at radius 2 is 2.05 bits per heavy atom. The number of aromatic nitrogens is 2. The van der Waals surface area contributed by atoms with Crippen molar-refractivity contribution >= 4 is 17.0 Å². The molecule has 3 rings (SSSR count). The first-order valence-electron chi connectivity index (χ1n) is 6.67.